The Labute approximate surface area is 121 Å². The van der Waals surface area contributed by atoms with E-state index in [1.807, 2.05) is 30.3 Å². The smallest absolute Gasteiger partial charge is 0.414 e. The maximum Gasteiger partial charge on any atom is 0.414 e. The molecule has 0 aliphatic heterocycles. The number of nitrogens with one attached hydrogen (secondary N) is 1. The maximum atomic E-state index is 11.5. The first-order chi connectivity index (χ1) is 9.28. The predicted octanol–water partition coefficient (Wildman–Crippen LogP) is 2.46. The minimum Gasteiger partial charge on any atom is -0.444 e. The van der Waals surface area contributed by atoms with Crippen LogP contribution in [0.3, 0.4) is 0 Å². The molecule has 1 N–H and O–H groups in total. The predicted molar refractivity (Wildman–Crippen MR) is 74.9 cm³/mol. The molecule has 1 aromatic heterocycles. The van der Waals surface area contributed by atoms with Crippen molar-refractivity contribution in [3.63, 3.8) is 0 Å². The van der Waals surface area contributed by atoms with E-state index in [4.69, 9.17) is 4.74 Å². The third-order valence-corrected chi connectivity index (χ3v) is 2.22. The summed E-state index contributed by atoms with van der Waals surface area (Å²) in [5, 5.41) is 2.34. The molecule has 0 unspecified atom stereocenters. The quantitative estimate of drug-likeness (QED) is 0.876. The Balaban J connectivity index is 0.00000200. The van der Waals surface area contributed by atoms with Gasteiger partial charge in [0.2, 0.25) is 5.95 Å². The van der Waals surface area contributed by atoms with Gasteiger partial charge in [-0.25, -0.2) is 14.8 Å². The van der Waals surface area contributed by atoms with Crippen molar-refractivity contribution in [3.05, 3.63) is 53.9 Å². The fraction of sp³-hybridized carbons (Fsp3) is 0.0769. The Kier molecular flexibility index (Phi) is 6.12. The molecule has 0 fully saturated rings. The number of hydrogen-bond donors (Lipinski definition) is 1. The van der Waals surface area contributed by atoms with Gasteiger partial charge < -0.3 is 4.74 Å². The molecule has 0 saturated carbocycles. The van der Waals surface area contributed by atoms with E-state index < -0.39 is 6.09 Å². The summed E-state index contributed by atoms with van der Waals surface area (Å²) in [6.45, 7) is 0.153. The van der Waals surface area contributed by atoms with E-state index in [0.29, 0.717) is 6.29 Å². The molecule has 0 bridgehead atoms. The monoisotopic (exact) mass is 293 g/mol. The zero-order valence-electron chi connectivity index (χ0n) is 10.4. The number of carbonyl (C=O) groups excluding carboxylic acids is 2. The molecule has 0 spiro atoms. The summed E-state index contributed by atoms with van der Waals surface area (Å²) >= 11 is 0. The second kappa shape index (κ2) is 7.85. The first kappa shape index (κ1) is 15.6. The lowest BCUT2D eigenvalue weighted by atomic mass is 10.2. The number of halogens is 1. The molecule has 104 valence electrons. The second-order valence-corrected chi connectivity index (χ2v) is 3.61. The molecule has 2 rings (SSSR count). The highest BCUT2D eigenvalue weighted by molar-refractivity contribution is 5.85. The van der Waals surface area contributed by atoms with Gasteiger partial charge in [0.05, 0.1) is 0 Å². The van der Waals surface area contributed by atoms with Crippen LogP contribution >= 0.6 is 12.4 Å². The number of carbonyl (C=O) groups is 2. The van der Waals surface area contributed by atoms with Gasteiger partial charge in [-0.3, -0.25) is 10.1 Å². The maximum absolute atomic E-state index is 11.5. The molecule has 1 aromatic carbocycles. The van der Waals surface area contributed by atoms with Crippen LogP contribution in [0.2, 0.25) is 0 Å². The third-order valence-electron chi connectivity index (χ3n) is 2.22. The zero-order chi connectivity index (χ0) is 13.5. The van der Waals surface area contributed by atoms with Crippen molar-refractivity contribution in [2.24, 2.45) is 0 Å². The standard InChI is InChI=1S/C13H11N3O3.ClH/c17-8-11-6-7-14-12(15-11)16-13(18)19-9-10-4-2-1-3-5-10;/h1-8H,9H2,(H,14,15,16,18);1H. The Morgan fingerprint density at radius 1 is 1.25 bits per heavy atom. The van der Waals surface area contributed by atoms with E-state index in [1.165, 1.54) is 12.3 Å². The average molecular weight is 294 g/mol. The highest BCUT2D eigenvalue weighted by Crippen LogP contribution is 2.03. The highest BCUT2D eigenvalue weighted by Gasteiger charge is 2.06. The molecule has 0 radical (unpaired) electrons. The van der Waals surface area contributed by atoms with Crippen molar-refractivity contribution in [3.8, 4) is 0 Å². The Hall–Kier alpha value is -2.47. The van der Waals surface area contributed by atoms with Crippen LogP contribution in [0.1, 0.15) is 16.1 Å². The van der Waals surface area contributed by atoms with Crippen LogP contribution in [-0.4, -0.2) is 22.3 Å². The lowest BCUT2D eigenvalue weighted by molar-refractivity contribution is 0.111. The average Bonchev–Trinajstić information content (AvgIpc) is 2.46. The van der Waals surface area contributed by atoms with Crippen molar-refractivity contribution in [1.29, 1.82) is 0 Å². The topological polar surface area (TPSA) is 81.2 Å². The number of rotatable bonds is 4. The summed E-state index contributed by atoms with van der Waals surface area (Å²) in [7, 11) is 0. The van der Waals surface area contributed by atoms with E-state index in [1.54, 1.807) is 0 Å². The highest BCUT2D eigenvalue weighted by atomic mass is 35.5. The lowest BCUT2D eigenvalue weighted by Crippen LogP contribution is -2.15. The first-order valence-corrected chi connectivity index (χ1v) is 5.54. The summed E-state index contributed by atoms with van der Waals surface area (Å²) in [6.07, 6.45) is 1.28. The summed E-state index contributed by atoms with van der Waals surface area (Å²) < 4.78 is 4.99. The van der Waals surface area contributed by atoms with Gasteiger partial charge in [0.1, 0.15) is 12.3 Å². The van der Waals surface area contributed by atoms with Gasteiger partial charge in [0, 0.05) is 6.20 Å². The minimum absolute atomic E-state index is 0. The SMILES string of the molecule is Cl.O=Cc1ccnc(NC(=O)OCc2ccccc2)n1. The van der Waals surface area contributed by atoms with Crippen molar-refractivity contribution in [1.82, 2.24) is 9.97 Å². The van der Waals surface area contributed by atoms with Crippen molar-refractivity contribution in [2.75, 3.05) is 5.32 Å². The Bertz CT molecular complexity index is 578. The third kappa shape index (κ3) is 4.66. The fourth-order valence-corrected chi connectivity index (χ4v) is 1.35. The van der Waals surface area contributed by atoms with Crippen LogP contribution in [0.25, 0.3) is 0 Å². The number of anilines is 1. The molecular formula is C13H12ClN3O3. The summed E-state index contributed by atoms with van der Waals surface area (Å²) in [5.41, 5.74) is 1.06. The van der Waals surface area contributed by atoms with E-state index in [2.05, 4.69) is 15.3 Å². The van der Waals surface area contributed by atoms with Gasteiger partial charge in [-0.1, -0.05) is 30.3 Å². The van der Waals surface area contributed by atoms with Gasteiger partial charge in [-0.05, 0) is 11.6 Å². The number of benzene rings is 1. The molecule has 7 heteroatoms. The molecule has 20 heavy (non-hydrogen) atoms. The molecule has 6 nitrogen and oxygen atoms in total. The van der Waals surface area contributed by atoms with Crippen LogP contribution in [0, 0.1) is 0 Å². The van der Waals surface area contributed by atoms with Gasteiger partial charge in [-0.2, -0.15) is 0 Å². The molecule has 0 aliphatic rings. The van der Waals surface area contributed by atoms with Gasteiger partial charge >= 0.3 is 6.09 Å². The number of aromatic nitrogens is 2. The number of hydrogen-bond acceptors (Lipinski definition) is 5. The molecule has 2 aromatic rings. The van der Waals surface area contributed by atoms with E-state index in [-0.39, 0.29) is 30.7 Å². The van der Waals surface area contributed by atoms with Crippen molar-refractivity contribution < 1.29 is 14.3 Å². The van der Waals surface area contributed by atoms with Crippen LogP contribution in [0.4, 0.5) is 10.7 Å². The Morgan fingerprint density at radius 2 is 2.00 bits per heavy atom. The molecule has 1 heterocycles. The molecule has 1 amide bonds. The van der Waals surface area contributed by atoms with E-state index >= 15 is 0 Å². The first-order valence-electron chi connectivity index (χ1n) is 5.54. The summed E-state index contributed by atoms with van der Waals surface area (Å²) in [5.74, 6) is 0.0302. The Morgan fingerprint density at radius 3 is 2.70 bits per heavy atom. The van der Waals surface area contributed by atoms with E-state index in [0.717, 1.165) is 5.56 Å². The van der Waals surface area contributed by atoms with Crippen molar-refractivity contribution in [2.45, 2.75) is 6.61 Å². The minimum atomic E-state index is -0.674. The molecule has 0 aliphatic carbocycles. The van der Waals surface area contributed by atoms with Crippen molar-refractivity contribution >= 4 is 30.7 Å². The van der Waals surface area contributed by atoms with Gasteiger partial charge in [-0.15, -0.1) is 12.4 Å². The second-order valence-electron chi connectivity index (χ2n) is 3.61. The number of ether oxygens (including phenoxy) is 1. The molecular weight excluding hydrogens is 282 g/mol. The van der Waals surface area contributed by atoms with Crippen LogP contribution in [-0.2, 0) is 11.3 Å². The van der Waals surface area contributed by atoms with Gasteiger partial charge in [0.15, 0.2) is 6.29 Å². The number of nitrogens with zero attached hydrogens (tertiary/aromatic N) is 2. The zero-order valence-corrected chi connectivity index (χ0v) is 11.2. The van der Waals surface area contributed by atoms with Crippen LogP contribution < -0.4 is 5.32 Å². The summed E-state index contributed by atoms with van der Waals surface area (Å²) in [6, 6.07) is 10.7. The van der Waals surface area contributed by atoms with Crippen LogP contribution in [0.5, 0.6) is 0 Å². The lowest BCUT2D eigenvalue weighted by Gasteiger charge is -2.05. The number of amides is 1. The van der Waals surface area contributed by atoms with E-state index in [9.17, 15) is 9.59 Å². The normalized spacial score (nSPS) is 9.20. The number of aldehydes is 1. The largest absolute Gasteiger partial charge is 0.444 e. The molecule has 0 saturated heterocycles. The van der Waals surface area contributed by atoms with Gasteiger partial charge in [0.25, 0.3) is 0 Å². The molecule has 0 atom stereocenters. The van der Waals surface area contributed by atoms with Crippen LogP contribution in [0.15, 0.2) is 42.6 Å². The fourth-order valence-electron chi connectivity index (χ4n) is 1.35. The summed E-state index contributed by atoms with van der Waals surface area (Å²) in [4.78, 5) is 29.6.